The highest BCUT2D eigenvalue weighted by molar-refractivity contribution is 7.99. The fraction of sp³-hybridized carbons (Fsp3) is 0.500. The molecule has 4 rings (SSSR count). The number of aromatic amines is 1. The van der Waals surface area contributed by atoms with Crippen LogP contribution in [0.25, 0.3) is 11.0 Å². The van der Waals surface area contributed by atoms with E-state index < -0.39 is 0 Å². The summed E-state index contributed by atoms with van der Waals surface area (Å²) in [4.78, 5) is 15.0. The lowest BCUT2D eigenvalue weighted by molar-refractivity contribution is 0.421. The van der Waals surface area contributed by atoms with E-state index >= 15 is 0 Å². The summed E-state index contributed by atoms with van der Waals surface area (Å²) in [6.07, 6.45) is 6.98. The van der Waals surface area contributed by atoms with Gasteiger partial charge < -0.3 is 10.8 Å². The molecule has 26 heavy (non-hydrogen) atoms. The van der Waals surface area contributed by atoms with Crippen molar-refractivity contribution in [3.05, 3.63) is 40.6 Å². The molecule has 1 saturated carbocycles. The first-order valence-corrected chi connectivity index (χ1v) is 10.2. The van der Waals surface area contributed by atoms with Gasteiger partial charge in [-0.1, -0.05) is 43.2 Å². The Morgan fingerprint density at radius 2 is 2.00 bits per heavy atom. The molecule has 0 atom stereocenters. The molecule has 2 heterocycles. The molecule has 0 bridgehead atoms. The third-order valence-electron chi connectivity index (χ3n) is 5.10. The van der Waals surface area contributed by atoms with Gasteiger partial charge in [0, 0.05) is 18.2 Å². The van der Waals surface area contributed by atoms with Gasteiger partial charge in [0.15, 0.2) is 5.82 Å². The topological polar surface area (TPSA) is 94.5 Å². The minimum atomic E-state index is -0.0576. The normalized spacial score (nSPS) is 15.7. The Morgan fingerprint density at radius 1 is 1.19 bits per heavy atom. The van der Waals surface area contributed by atoms with Crippen LogP contribution in [0.3, 0.4) is 0 Å². The molecule has 0 spiro atoms. The van der Waals surface area contributed by atoms with Gasteiger partial charge in [-0.05, 0) is 31.4 Å². The highest BCUT2D eigenvalue weighted by Crippen LogP contribution is 2.32. The standard InChI is InChI=1S/C18H24N6OS/c19-24-16(13-7-2-1-3-8-13)21-22-18(24)26-12-6-11-23-15-10-5-4-9-14(15)20-17(23)25/h4-5,9-10,13H,1-3,6-8,11-12,19H2,(H,20,25). The quantitative estimate of drug-likeness (QED) is 0.394. The molecule has 0 aliphatic heterocycles. The molecule has 3 N–H and O–H groups in total. The van der Waals surface area contributed by atoms with Gasteiger partial charge in [-0.3, -0.25) is 4.57 Å². The molecule has 0 amide bonds. The number of nitrogens with two attached hydrogens (primary N) is 1. The van der Waals surface area contributed by atoms with E-state index in [2.05, 4.69) is 15.2 Å². The van der Waals surface area contributed by atoms with Crippen LogP contribution in [0.2, 0.25) is 0 Å². The summed E-state index contributed by atoms with van der Waals surface area (Å²) in [6, 6.07) is 7.76. The number of nitrogen functional groups attached to an aromatic ring is 1. The zero-order valence-corrected chi connectivity index (χ0v) is 15.5. The van der Waals surface area contributed by atoms with Crippen molar-refractivity contribution in [1.82, 2.24) is 24.4 Å². The molecule has 1 aliphatic carbocycles. The lowest BCUT2D eigenvalue weighted by atomic mass is 9.89. The van der Waals surface area contributed by atoms with E-state index in [9.17, 15) is 4.79 Å². The maximum atomic E-state index is 12.1. The van der Waals surface area contributed by atoms with Crippen molar-refractivity contribution in [3.8, 4) is 0 Å². The lowest BCUT2D eigenvalue weighted by Crippen LogP contribution is -2.19. The number of aryl methyl sites for hydroxylation is 1. The Hall–Kier alpha value is -2.22. The van der Waals surface area contributed by atoms with Crippen molar-refractivity contribution in [1.29, 1.82) is 0 Å². The molecule has 0 saturated heterocycles. The molecule has 0 unspecified atom stereocenters. The number of benzene rings is 1. The van der Waals surface area contributed by atoms with E-state index in [0.29, 0.717) is 12.5 Å². The molecule has 7 nitrogen and oxygen atoms in total. The van der Waals surface area contributed by atoms with E-state index in [-0.39, 0.29) is 5.69 Å². The van der Waals surface area contributed by atoms with Gasteiger partial charge in [0.05, 0.1) is 11.0 Å². The molecule has 3 aromatic rings. The molecule has 138 valence electrons. The first kappa shape index (κ1) is 17.2. The number of imidazole rings is 1. The number of hydrogen-bond acceptors (Lipinski definition) is 5. The number of rotatable bonds is 6. The van der Waals surface area contributed by atoms with Crippen molar-refractivity contribution < 1.29 is 0 Å². The zero-order valence-electron chi connectivity index (χ0n) is 14.7. The van der Waals surface area contributed by atoms with E-state index in [4.69, 9.17) is 5.84 Å². The van der Waals surface area contributed by atoms with Crippen LogP contribution in [0.4, 0.5) is 0 Å². The van der Waals surface area contributed by atoms with Crippen LogP contribution in [0, 0.1) is 0 Å². The number of thioether (sulfide) groups is 1. The van der Waals surface area contributed by atoms with Gasteiger partial charge in [0.2, 0.25) is 5.16 Å². The number of fused-ring (bicyclic) bond motifs is 1. The summed E-state index contributed by atoms with van der Waals surface area (Å²) in [5.74, 6) is 8.42. The zero-order chi connectivity index (χ0) is 17.9. The maximum absolute atomic E-state index is 12.1. The van der Waals surface area contributed by atoms with Gasteiger partial charge in [-0.25, -0.2) is 9.47 Å². The number of nitrogens with one attached hydrogen (secondary N) is 1. The second-order valence-electron chi connectivity index (χ2n) is 6.85. The SMILES string of the molecule is Nn1c(SCCCn2c(=O)[nH]c3ccccc32)nnc1C1CCCCC1. The van der Waals surface area contributed by atoms with Crippen LogP contribution >= 0.6 is 11.8 Å². The van der Waals surface area contributed by atoms with Crippen LogP contribution in [0.15, 0.2) is 34.2 Å². The summed E-state index contributed by atoms with van der Waals surface area (Å²) in [5.41, 5.74) is 1.77. The smallest absolute Gasteiger partial charge is 0.326 e. The molecule has 8 heteroatoms. The first-order valence-electron chi connectivity index (χ1n) is 9.25. The van der Waals surface area contributed by atoms with Crippen LogP contribution < -0.4 is 11.5 Å². The second kappa shape index (κ2) is 7.57. The van der Waals surface area contributed by atoms with Gasteiger partial charge in [-0.15, -0.1) is 10.2 Å². The Kier molecular flexibility index (Phi) is 5.01. The first-order chi connectivity index (χ1) is 12.7. The number of para-hydroxylation sites is 2. The Balaban J connectivity index is 1.35. The van der Waals surface area contributed by atoms with E-state index in [1.54, 1.807) is 21.0 Å². The van der Waals surface area contributed by atoms with E-state index in [0.717, 1.165) is 47.0 Å². The second-order valence-corrected chi connectivity index (χ2v) is 7.91. The summed E-state index contributed by atoms with van der Waals surface area (Å²) >= 11 is 1.60. The summed E-state index contributed by atoms with van der Waals surface area (Å²) in [6.45, 7) is 0.671. The third-order valence-corrected chi connectivity index (χ3v) is 6.13. The van der Waals surface area contributed by atoms with Crippen LogP contribution in [-0.4, -0.2) is 30.2 Å². The van der Waals surface area contributed by atoms with Gasteiger partial charge >= 0.3 is 5.69 Å². The van der Waals surface area contributed by atoms with Crippen molar-refractivity contribution >= 4 is 22.8 Å². The minimum absolute atomic E-state index is 0.0576. The number of aromatic nitrogens is 5. The fourth-order valence-corrected chi connectivity index (χ4v) is 4.53. The molecule has 1 fully saturated rings. The molecule has 0 radical (unpaired) electrons. The van der Waals surface area contributed by atoms with Crippen LogP contribution in [0.1, 0.15) is 50.3 Å². The third kappa shape index (κ3) is 3.38. The number of H-pyrrole nitrogens is 1. The van der Waals surface area contributed by atoms with Crippen molar-refractivity contribution in [3.63, 3.8) is 0 Å². The van der Waals surface area contributed by atoms with Crippen LogP contribution in [0.5, 0.6) is 0 Å². The lowest BCUT2D eigenvalue weighted by Gasteiger charge is -2.20. The molecule has 1 aromatic carbocycles. The van der Waals surface area contributed by atoms with Gasteiger partial charge in [-0.2, -0.15) is 0 Å². The van der Waals surface area contributed by atoms with Crippen molar-refractivity contribution in [2.75, 3.05) is 11.6 Å². The van der Waals surface area contributed by atoms with Crippen molar-refractivity contribution in [2.45, 2.75) is 56.1 Å². The Bertz CT molecular complexity index is 937. The fourth-order valence-electron chi connectivity index (χ4n) is 3.74. The Labute approximate surface area is 156 Å². The minimum Gasteiger partial charge on any atom is -0.336 e. The maximum Gasteiger partial charge on any atom is 0.326 e. The monoisotopic (exact) mass is 372 g/mol. The Morgan fingerprint density at radius 3 is 2.85 bits per heavy atom. The molecule has 2 aromatic heterocycles. The van der Waals surface area contributed by atoms with Crippen LogP contribution in [-0.2, 0) is 6.54 Å². The number of nitrogens with zero attached hydrogens (tertiary/aromatic N) is 4. The summed E-state index contributed by atoms with van der Waals surface area (Å²) < 4.78 is 3.45. The molecule has 1 aliphatic rings. The summed E-state index contributed by atoms with van der Waals surface area (Å²) in [7, 11) is 0. The van der Waals surface area contributed by atoms with E-state index in [1.807, 2.05) is 24.3 Å². The average molecular weight is 372 g/mol. The predicted molar refractivity (Wildman–Crippen MR) is 104 cm³/mol. The largest absolute Gasteiger partial charge is 0.336 e. The predicted octanol–water partition coefficient (Wildman–Crippen LogP) is 2.87. The van der Waals surface area contributed by atoms with E-state index in [1.165, 1.54) is 19.3 Å². The highest BCUT2D eigenvalue weighted by atomic mass is 32.2. The van der Waals surface area contributed by atoms with Crippen molar-refractivity contribution in [2.24, 2.45) is 0 Å². The molecular weight excluding hydrogens is 348 g/mol. The average Bonchev–Trinajstić information content (AvgIpc) is 3.19. The summed E-state index contributed by atoms with van der Waals surface area (Å²) in [5, 5.41) is 9.36. The van der Waals surface area contributed by atoms with Gasteiger partial charge in [0.25, 0.3) is 0 Å². The van der Waals surface area contributed by atoms with Gasteiger partial charge in [0.1, 0.15) is 0 Å². The highest BCUT2D eigenvalue weighted by Gasteiger charge is 2.22. The number of hydrogen-bond donors (Lipinski definition) is 2. The molecular formula is C18H24N6OS.